The van der Waals surface area contributed by atoms with E-state index >= 15 is 0 Å². The van der Waals surface area contributed by atoms with Crippen molar-refractivity contribution in [3.05, 3.63) is 67.4 Å². The Morgan fingerprint density at radius 1 is 1.29 bits per heavy atom. The molecule has 0 aliphatic carbocycles. The quantitative estimate of drug-likeness (QED) is 0.272. The number of nitrogens with one attached hydrogen (secondary N) is 2. The largest absolute Gasteiger partial charge is 0.399 e. The zero-order chi connectivity index (χ0) is 24.8. The van der Waals surface area contributed by atoms with E-state index in [1.165, 1.54) is 31.7 Å². The predicted octanol–water partition coefficient (Wildman–Crippen LogP) is 5.00. The van der Waals surface area contributed by atoms with Gasteiger partial charge in [-0.1, -0.05) is 32.7 Å². The van der Waals surface area contributed by atoms with Crippen molar-refractivity contribution < 1.29 is 23.2 Å². The number of halogens is 5. The van der Waals surface area contributed by atoms with Gasteiger partial charge in [-0.25, -0.2) is 18.4 Å². The third-order valence-electron chi connectivity index (χ3n) is 4.20. The number of aromatic nitrogens is 3. The average molecular weight is 621 g/mol. The number of benzene rings is 1. The molecule has 0 fully saturated rings. The Bertz CT molecular complexity index is 1260. The molecule has 2 amide bonds. The van der Waals surface area contributed by atoms with Crippen LogP contribution in [-0.2, 0) is 4.84 Å². The summed E-state index contributed by atoms with van der Waals surface area (Å²) in [5.41, 5.74) is -0.703. The summed E-state index contributed by atoms with van der Waals surface area (Å²) in [6.07, 6.45) is -0.220. The lowest BCUT2D eigenvalue weighted by molar-refractivity contribution is 0.0960. The maximum absolute atomic E-state index is 13.4. The monoisotopic (exact) mass is 618 g/mol. The van der Waals surface area contributed by atoms with Gasteiger partial charge in [0, 0.05) is 15.1 Å². The Morgan fingerprint density at radius 2 is 2.06 bits per heavy atom. The molecule has 3 aromatic rings. The molecule has 0 spiro atoms. The van der Waals surface area contributed by atoms with Crippen LogP contribution in [0.25, 0.3) is 5.82 Å². The van der Waals surface area contributed by atoms with Gasteiger partial charge in [0.1, 0.15) is 18.5 Å². The number of pyridine rings is 1. The van der Waals surface area contributed by atoms with Gasteiger partial charge >= 0.3 is 0 Å². The molecule has 0 radical (unpaired) electrons. The molecular weight excluding hydrogens is 606 g/mol. The van der Waals surface area contributed by atoms with Crippen molar-refractivity contribution in [2.45, 2.75) is 6.43 Å². The fraction of sp³-hybridized carbons (Fsp3) is 0.150. The minimum Gasteiger partial charge on any atom is -0.399 e. The van der Waals surface area contributed by atoms with Crippen LogP contribution in [0, 0.1) is 0 Å². The Kier molecular flexibility index (Phi) is 8.69. The molecule has 3 rings (SSSR count). The second-order valence-electron chi connectivity index (χ2n) is 6.42. The highest BCUT2D eigenvalue weighted by Crippen LogP contribution is 2.32. The molecule has 178 valence electrons. The first kappa shape index (κ1) is 25.7. The molecule has 9 nitrogen and oxygen atoms in total. The minimum absolute atomic E-state index is 0.00788. The van der Waals surface area contributed by atoms with E-state index in [4.69, 9.17) is 11.6 Å². The van der Waals surface area contributed by atoms with E-state index < -0.39 is 23.9 Å². The number of hydrogen-bond acceptors (Lipinski definition) is 6. The van der Waals surface area contributed by atoms with Gasteiger partial charge in [0.15, 0.2) is 5.82 Å². The second kappa shape index (κ2) is 11.5. The Balaban J connectivity index is 2.00. The number of rotatable bonds is 8. The van der Waals surface area contributed by atoms with Gasteiger partial charge < -0.3 is 15.5 Å². The van der Waals surface area contributed by atoms with Crippen molar-refractivity contribution in [2.75, 3.05) is 19.0 Å². The van der Waals surface area contributed by atoms with Crippen molar-refractivity contribution in [3.8, 4) is 5.82 Å². The first-order valence-electron chi connectivity index (χ1n) is 9.35. The lowest BCUT2D eigenvalue weighted by atomic mass is 10.1. The van der Waals surface area contributed by atoms with Crippen molar-refractivity contribution in [3.63, 3.8) is 0 Å². The van der Waals surface area contributed by atoms with E-state index in [-0.39, 0.29) is 34.3 Å². The maximum Gasteiger partial charge on any atom is 0.282 e. The minimum atomic E-state index is -2.94. The fourth-order valence-electron chi connectivity index (χ4n) is 2.77. The van der Waals surface area contributed by atoms with E-state index in [9.17, 15) is 18.4 Å². The summed E-state index contributed by atoms with van der Waals surface area (Å²) in [6.45, 7) is 0.0624. The number of carbonyl (C=O) groups excluding carboxylic acids is 2. The van der Waals surface area contributed by atoms with Crippen molar-refractivity contribution in [1.29, 1.82) is 0 Å². The summed E-state index contributed by atoms with van der Waals surface area (Å²) in [7, 11) is 1.36. The number of nitrogens with zero attached hydrogens (tertiary/aromatic N) is 4. The lowest BCUT2D eigenvalue weighted by Gasteiger charge is -2.14. The molecule has 0 saturated carbocycles. The first-order chi connectivity index (χ1) is 16.2. The van der Waals surface area contributed by atoms with Gasteiger partial charge in [0.05, 0.1) is 29.0 Å². The average Bonchev–Trinajstić information content (AvgIpc) is 3.24. The summed E-state index contributed by atoms with van der Waals surface area (Å²) in [5.74, 6) is -1.36. The molecule has 14 heteroatoms. The molecule has 0 atom stereocenters. The van der Waals surface area contributed by atoms with Crippen LogP contribution >= 0.6 is 43.5 Å². The fourth-order valence-corrected chi connectivity index (χ4v) is 4.29. The molecule has 0 aliphatic rings. The van der Waals surface area contributed by atoms with E-state index in [2.05, 4.69) is 62.6 Å². The maximum atomic E-state index is 13.4. The van der Waals surface area contributed by atoms with Gasteiger partial charge in [-0.2, -0.15) is 5.10 Å². The Morgan fingerprint density at radius 3 is 2.74 bits per heavy atom. The van der Waals surface area contributed by atoms with Gasteiger partial charge in [-0.15, -0.1) is 0 Å². The molecule has 0 saturated heterocycles. The zero-order valence-electron chi connectivity index (χ0n) is 17.2. The normalized spacial score (nSPS) is 11.1. The molecule has 1 aromatic carbocycles. The molecular formula is C20H15Br2ClF2N6O3. The molecule has 2 aromatic heterocycles. The number of oxime groups is 1. The van der Waals surface area contributed by atoms with Crippen LogP contribution in [0.1, 0.15) is 33.0 Å². The van der Waals surface area contributed by atoms with Crippen LogP contribution < -0.4 is 10.6 Å². The summed E-state index contributed by atoms with van der Waals surface area (Å²) in [5, 5.41) is 12.6. The van der Waals surface area contributed by atoms with Crippen molar-refractivity contribution >= 4 is 67.2 Å². The predicted molar refractivity (Wildman–Crippen MR) is 129 cm³/mol. The highest BCUT2D eigenvalue weighted by molar-refractivity contribution is 9.11. The van der Waals surface area contributed by atoms with Crippen LogP contribution in [-0.4, -0.2) is 46.4 Å². The number of hydrogen-bond donors (Lipinski definition) is 2. The highest BCUT2D eigenvalue weighted by Gasteiger charge is 2.25. The van der Waals surface area contributed by atoms with Crippen LogP contribution in [0.15, 0.2) is 50.6 Å². The number of carbonyl (C=O) groups is 2. The smallest absolute Gasteiger partial charge is 0.282 e. The topological polar surface area (TPSA) is 110 Å². The van der Waals surface area contributed by atoms with Gasteiger partial charge in [-0.05, 0) is 46.3 Å². The van der Waals surface area contributed by atoms with Crippen molar-refractivity contribution in [1.82, 2.24) is 20.1 Å². The molecule has 0 bridgehead atoms. The Labute approximate surface area is 213 Å². The second-order valence-corrected chi connectivity index (χ2v) is 8.60. The van der Waals surface area contributed by atoms with Gasteiger partial charge in [0.25, 0.3) is 18.2 Å². The van der Waals surface area contributed by atoms with Crippen LogP contribution in [0.4, 0.5) is 14.5 Å². The van der Waals surface area contributed by atoms with Crippen LogP contribution in [0.5, 0.6) is 0 Å². The zero-order valence-corrected chi connectivity index (χ0v) is 21.2. The molecule has 34 heavy (non-hydrogen) atoms. The van der Waals surface area contributed by atoms with Crippen LogP contribution in [0.2, 0.25) is 5.02 Å². The summed E-state index contributed by atoms with van der Waals surface area (Å²) < 4.78 is 28.6. The number of alkyl halides is 2. The van der Waals surface area contributed by atoms with Crippen LogP contribution in [0.3, 0.4) is 0 Å². The lowest BCUT2D eigenvalue weighted by Crippen LogP contribution is -2.27. The van der Waals surface area contributed by atoms with Crippen molar-refractivity contribution in [2.24, 2.45) is 5.16 Å². The number of anilines is 1. The van der Waals surface area contributed by atoms with E-state index in [1.54, 1.807) is 12.1 Å². The first-order valence-corrected chi connectivity index (χ1v) is 11.3. The SMILES string of the molecule is CO/N=C/CNC(=O)c1cc(Br)cc(Br)c1NC(=O)c1cc(C(F)F)nn1-c1ncccc1Cl. The van der Waals surface area contributed by atoms with Gasteiger partial charge in [-0.3, -0.25) is 9.59 Å². The third-order valence-corrected chi connectivity index (χ3v) is 5.57. The van der Waals surface area contributed by atoms with Gasteiger partial charge in [0.2, 0.25) is 0 Å². The van der Waals surface area contributed by atoms with E-state index in [0.717, 1.165) is 10.7 Å². The number of amides is 2. The molecule has 2 N–H and O–H groups in total. The van der Waals surface area contributed by atoms with E-state index in [1.807, 2.05) is 0 Å². The summed E-state index contributed by atoms with van der Waals surface area (Å²) in [4.78, 5) is 34.5. The molecule has 0 aliphatic heterocycles. The standard InChI is InChI=1S/C20H15Br2ClF2N6O3/c1-34-28-6-5-27-19(32)11-7-10(21)8-12(22)16(11)29-20(33)15-9-14(17(24)25)30-31(15)18-13(23)3-2-4-26-18/h2-4,6-9,17H,5H2,1H3,(H,27,32)(H,29,33)/b28-6+. The molecule has 0 unspecified atom stereocenters. The Hall–Kier alpha value is -2.90. The summed E-state index contributed by atoms with van der Waals surface area (Å²) in [6, 6.07) is 7.05. The molecule has 2 heterocycles. The third kappa shape index (κ3) is 5.96. The van der Waals surface area contributed by atoms with E-state index in [0.29, 0.717) is 8.95 Å². The summed E-state index contributed by atoms with van der Waals surface area (Å²) >= 11 is 12.8. The highest BCUT2D eigenvalue weighted by atomic mass is 79.9.